The first-order valence-corrected chi connectivity index (χ1v) is 5.13. The third-order valence-corrected chi connectivity index (χ3v) is 3.55. The predicted molar refractivity (Wildman–Crippen MR) is 56.5 cm³/mol. The normalized spacial score (nSPS) is 18.1. The van der Waals surface area contributed by atoms with E-state index in [2.05, 4.69) is 39.9 Å². The molecule has 0 aromatic rings. The number of hydrogen-bond donors (Lipinski definition) is 1. The second kappa shape index (κ2) is 4.64. The van der Waals surface area contributed by atoms with Gasteiger partial charge in [0.15, 0.2) is 0 Å². The second-order valence-electron chi connectivity index (χ2n) is 4.33. The van der Waals surface area contributed by atoms with Crippen LogP contribution in [0.1, 0.15) is 41.0 Å². The van der Waals surface area contributed by atoms with Crippen LogP contribution in [0.2, 0.25) is 0 Å². The SMILES string of the molecule is CCC(C)C(C)(C(=O)NC)C(C)C. The lowest BCUT2D eigenvalue weighted by molar-refractivity contribution is -0.135. The van der Waals surface area contributed by atoms with Gasteiger partial charge < -0.3 is 5.32 Å². The number of carbonyl (C=O) groups is 1. The van der Waals surface area contributed by atoms with Gasteiger partial charge in [-0.15, -0.1) is 0 Å². The fraction of sp³-hybridized carbons (Fsp3) is 0.909. The summed E-state index contributed by atoms with van der Waals surface area (Å²) in [5.41, 5.74) is -0.233. The zero-order valence-corrected chi connectivity index (χ0v) is 9.77. The van der Waals surface area contributed by atoms with Crippen LogP contribution in [0.25, 0.3) is 0 Å². The van der Waals surface area contributed by atoms with Crippen LogP contribution in [0, 0.1) is 17.3 Å². The molecule has 2 heteroatoms. The van der Waals surface area contributed by atoms with Crippen molar-refractivity contribution in [1.82, 2.24) is 5.32 Å². The van der Waals surface area contributed by atoms with E-state index in [0.29, 0.717) is 11.8 Å². The van der Waals surface area contributed by atoms with Gasteiger partial charge in [0.1, 0.15) is 0 Å². The average Bonchev–Trinajstić information content (AvgIpc) is 2.13. The smallest absolute Gasteiger partial charge is 0.226 e. The molecular formula is C11H23NO. The minimum absolute atomic E-state index is 0.164. The Bertz CT molecular complexity index is 177. The Labute approximate surface area is 82.1 Å². The average molecular weight is 185 g/mol. The zero-order chi connectivity index (χ0) is 10.6. The molecule has 2 unspecified atom stereocenters. The van der Waals surface area contributed by atoms with Gasteiger partial charge in [0.2, 0.25) is 5.91 Å². The van der Waals surface area contributed by atoms with Crippen molar-refractivity contribution in [3.05, 3.63) is 0 Å². The van der Waals surface area contributed by atoms with Gasteiger partial charge in [-0.05, 0) is 11.8 Å². The Morgan fingerprint density at radius 3 is 2.08 bits per heavy atom. The summed E-state index contributed by atoms with van der Waals surface area (Å²) in [6, 6.07) is 0. The van der Waals surface area contributed by atoms with Gasteiger partial charge in [0, 0.05) is 7.05 Å². The van der Waals surface area contributed by atoms with Gasteiger partial charge in [-0.25, -0.2) is 0 Å². The maximum absolute atomic E-state index is 11.8. The van der Waals surface area contributed by atoms with Crippen molar-refractivity contribution in [3.63, 3.8) is 0 Å². The highest BCUT2D eigenvalue weighted by Crippen LogP contribution is 2.37. The number of nitrogens with one attached hydrogen (secondary N) is 1. The highest BCUT2D eigenvalue weighted by Gasteiger charge is 2.39. The Morgan fingerprint density at radius 1 is 1.38 bits per heavy atom. The van der Waals surface area contributed by atoms with Gasteiger partial charge >= 0.3 is 0 Å². The molecule has 0 aliphatic carbocycles. The van der Waals surface area contributed by atoms with Crippen molar-refractivity contribution in [2.24, 2.45) is 17.3 Å². The molecule has 0 bridgehead atoms. The summed E-state index contributed by atoms with van der Waals surface area (Å²) >= 11 is 0. The Hall–Kier alpha value is -0.530. The summed E-state index contributed by atoms with van der Waals surface area (Å²) in [6.45, 7) is 10.6. The fourth-order valence-corrected chi connectivity index (χ4v) is 1.75. The molecule has 0 heterocycles. The van der Waals surface area contributed by atoms with Crippen LogP contribution < -0.4 is 5.32 Å². The van der Waals surface area contributed by atoms with Crippen molar-refractivity contribution >= 4 is 5.91 Å². The van der Waals surface area contributed by atoms with Crippen LogP contribution in [0.4, 0.5) is 0 Å². The molecule has 0 spiro atoms. The Balaban J connectivity index is 4.83. The van der Waals surface area contributed by atoms with Crippen LogP contribution in [0.3, 0.4) is 0 Å². The van der Waals surface area contributed by atoms with E-state index in [1.54, 1.807) is 7.05 Å². The number of amides is 1. The monoisotopic (exact) mass is 185 g/mol. The van der Waals surface area contributed by atoms with Crippen molar-refractivity contribution in [2.75, 3.05) is 7.05 Å². The number of rotatable bonds is 4. The lowest BCUT2D eigenvalue weighted by Gasteiger charge is -2.37. The summed E-state index contributed by atoms with van der Waals surface area (Å²) in [5, 5.41) is 2.76. The van der Waals surface area contributed by atoms with Gasteiger partial charge in [-0.3, -0.25) is 4.79 Å². The molecule has 1 amide bonds. The summed E-state index contributed by atoms with van der Waals surface area (Å²) in [7, 11) is 1.71. The van der Waals surface area contributed by atoms with Crippen LogP contribution >= 0.6 is 0 Å². The molecule has 1 N–H and O–H groups in total. The fourth-order valence-electron chi connectivity index (χ4n) is 1.75. The van der Waals surface area contributed by atoms with Crippen LogP contribution in [-0.4, -0.2) is 13.0 Å². The molecule has 2 atom stereocenters. The van der Waals surface area contributed by atoms with E-state index in [9.17, 15) is 4.79 Å². The van der Waals surface area contributed by atoms with E-state index in [4.69, 9.17) is 0 Å². The molecule has 0 fully saturated rings. The largest absolute Gasteiger partial charge is 0.359 e. The van der Waals surface area contributed by atoms with E-state index in [0.717, 1.165) is 6.42 Å². The molecule has 78 valence electrons. The lowest BCUT2D eigenvalue weighted by atomic mass is 9.68. The molecule has 0 rings (SSSR count). The number of hydrogen-bond acceptors (Lipinski definition) is 1. The lowest BCUT2D eigenvalue weighted by Crippen LogP contribution is -2.45. The summed E-state index contributed by atoms with van der Waals surface area (Å²) in [6.07, 6.45) is 1.04. The zero-order valence-electron chi connectivity index (χ0n) is 9.77. The van der Waals surface area contributed by atoms with Gasteiger partial charge in [0.25, 0.3) is 0 Å². The molecule has 2 nitrogen and oxygen atoms in total. The molecule has 0 aromatic carbocycles. The van der Waals surface area contributed by atoms with Crippen LogP contribution in [-0.2, 0) is 4.79 Å². The van der Waals surface area contributed by atoms with E-state index in [1.165, 1.54) is 0 Å². The maximum atomic E-state index is 11.8. The molecule has 13 heavy (non-hydrogen) atoms. The molecule has 0 saturated heterocycles. The number of carbonyl (C=O) groups excluding carboxylic acids is 1. The minimum Gasteiger partial charge on any atom is -0.359 e. The predicted octanol–water partition coefficient (Wildman–Crippen LogP) is 2.44. The first kappa shape index (κ1) is 12.5. The Kier molecular flexibility index (Phi) is 4.45. The third-order valence-electron chi connectivity index (χ3n) is 3.55. The van der Waals surface area contributed by atoms with Crippen molar-refractivity contribution < 1.29 is 4.79 Å². The molecule has 0 saturated carbocycles. The first-order chi connectivity index (χ1) is 5.91. The van der Waals surface area contributed by atoms with Gasteiger partial charge in [-0.2, -0.15) is 0 Å². The minimum atomic E-state index is -0.233. The second-order valence-corrected chi connectivity index (χ2v) is 4.33. The highest BCUT2D eigenvalue weighted by molar-refractivity contribution is 5.82. The summed E-state index contributed by atoms with van der Waals surface area (Å²) < 4.78 is 0. The molecule has 0 aliphatic heterocycles. The van der Waals surface area contributed by atoms with Gasteiger partial charge in [0.05, 0.1) is 5.41 Å². The van der Waals surface area contributed by atoms with E-state index in [-0.39, 0.29) is 11.3 Å². The third kappa shape index (κ3) is 2.23. The quantitative estimate of drug-likeness (QED) is 0.716. The van der Waals surface area contributed by atoms with E-state index in [1.807, 2.05) is 0 Å². The van der Waals surface area contributed by atoms with Crippen LogP contribution in [0.5, 0.6) is 0 Å². The van der Waals surface area contributed by atoms with Gasteiger partial charge in [-0.1, -0.05) is 41.0 Å². The standard InChI is InChI=1S/C11H23NO/c1-7-9(4)11(5,8(2)3)10(13)12-6/h8-9H,7H2,1-6H3,(H,12,13). The van der Waals surface area contributed by atoms with Crippen LogP contribution in [0.15, 0.2) is 0 Å². The van der Waals surface area contributed by atoms with Crippen molar-refractivity contribution in [1.29, 1.82) is 0 Å². The summed E-state index contributed by atoms with van der Waals surface area (Å²) in [5.74, 6) is 0.965. The van der Waals surface area contributed by atoms with E-state index < -0.39 is 0 Å². The van der Waals surface area contributed by atoms with E-state index >= 15 is 0 Å². The molecule has 0 radical (unpaired) electrons. The summed E-state index contributed by atoms with van der Waals surface area (Å²) in [4.78, 5) is 11.8. The van der Waals surface area contributed by atoms with Crippen molar-refractivity contribution in [3.8, 4) is 0 Å². The first-order valence-electron chi connectivity index (χ1n) is 5.13. The topological polar surface area (TPSA) is 29.1 Å². The molecule has 0 aromatic heterocycles. The van der Waals surface area contributed by atoms with Crippen molar-refractivity contribution in [2.45, 2.75) is 41.0 Å². The molecular weight excluding hydrogens is 162 g/mol. The molecule has 0 aliphatic rings. The highest BCUT2D eigenvalue weighted by atomic mass is 16.2. The Morgan fingerprint density at radius 2 is 1.85 bits per heavy atom. The maximum Gasteiger partial charge on any atom is 0.226 e.